The zero-order valence-corrected chi connectivity index (χ0v) is 16.4. The third-order valence-electron chi connectivity index (χ3n) is 3.58. The van der Waals surface area contributed by atoms with Gasteiger partial charge in [0.2, 0.25) is 11.6 Å². The van der Waals surface area contributed by atoms with Crippen LogP contribution in [0.15, 0.2) is 56.0 Å². The van der Waals surface area contributed by atoms with Crippen molar-refractivity contribution in [3.05, 3.63) is 56.8 Å². The monoisotopic (exact) mass is 458 g/mol. The number of nitrogen functional groups attached to an aromatic ring is 1. The number of hydrogen-bond acceptors (Lipinski definition) is 9. The predicted molar refractivity (Wildman–Crippen MR) is 106 cm³/mol. The number of thiophene rings is 1. The minimum absolute atomic E-state index is 0.0227. The second-order valence-electron chi connectivity index (χ2n) is 5.38. The first-order valence-electron chi connectivity index (χ1n) is 7.82. The number of halogens is 1. The molecule has 0 aliphatic carbocycles. The van der Waals surface area contributed by atoms with Crippen molar-refractivity contribution >= 4 is 45.2 Å². The van der Waals surface area contributed by atoms with Crippen LogP contribution >= 0.6 is 27.3 Å². The Morgan fingerprint density at radius 2 is 2.07 bits per heavy atom. The lowest BCUT2D eigenvalue weighted by Gasteiger charge is -2.04. The number of hydrogen-bond donors (Lipinski definition) is 2. The van der Waals surface area contributed by atoms with Crippen molar-refractivity contribution in [2.75, 3.05) is 5.73 Å². The maximum Gasteiger partial charge on any atom is 0.292 e. The van der Waals surface area contributed by atoms with Crippen LogP contribution in [0.5, 0.6) is 0 Å². The Labute approximate surface area is 170 Å². The van der Waals surface area contributed by atoms with E-state index in [4.69, 9.17) is 5.73 Å². The smallest absolute Gasteiger partial charge is 0.292 e. The molecule has 28 heavy (non-hydrogen) atoms. The van der Waals surface area contributed by atoms with Gasteiger partial charge in [-0.15, -0.1) is 16.4 Å². The number of hydrazone groups is 1. The Hall–Kier alpha value is -3.38. The molecule has 0 aliphatic rings. The van der Waals surface area contributed by atoms with Gasteiger partial charge in [-0.3, -0.25) is 4.79 Å². The molecule has 3 aromatic heterocycles. The van der Waals surface area contributed by atoms with Crippen LogP contribution in [0.4, 0.5) is 5.82 Å². The highest BCUT2D eigenvalue weighted by Crippen LogP contribution is 2.24. The number of anilines is 1. The van der Waals surface area contributed by atoms with Crippen molar-refractivity contribution in [1.29, 1.82) is 0 Å². The summed E-state index contributed by atoms with van der Waals surface area (Å²) in [6.45, 7) is 0. The van der Waals surface area contributed by atoms with E-state index in [0.29, 0.717) is 11.3 Å². The molecule has 0 saturated heterocycles. The van der Waals surface area contributed by atoms with Crippen LogP contribution in [-0.2, 0) is 0 Å². The molecule has 0 radical (unpaired) electrons. The van der Waals surface area contributed by atoms with Crippen molar-refractivity contribution in [1.82, 2.24) is 30.7 Å². The highest BCUT2D eigenvalue weighted by molar-refractivity contribution is 9.11. The predicted octanol–water partition coefficient (Wildman–Crippen LogP) is 2.49. The largest absolute Gasteiger partial charge is 0.378 e. The number of carbonyl (C=O) groups excluding carboxylic acids is 1. The van der Waals surface area contributed by atoms with Crippen molar-refractivity contribution < 1.29 is 9.42 Å². The molecule has 0 aliphatic heterocycles. The van der Waals surface area contributed by atoms with Gasteiger partial charge in [0.15, 0.2) is 5.69 Å². The number of nitrogens with two attached hydrogens (primary N) is 1. The van der Waals surface area contributed by atoms with Gasteiger partial charge >= 0.3 is 0 Å². The highest BCUT2D eigenvalue weighted by Gasteiger charge is 2.25. The summed E-state index contributed by atoms with van der Waals surface area (Å²) in [6, 6.07) is 12.9. The van der Waals surface area contributed by atoms with E-state index in [2.05, 4.69) is 51.7 Å². The summed E-state index contributed by atoms with van der Waals surface area (Å²) in [6.07, 6.45) is 1.54. The van der Waals surface area contributed by atoms with E-state index >= 15 is 0 Å². The standard InChI is InChI=1S/C16H11BrN8O2S/c17-11-7-6-10(28-11)8-19-21-16(26)13-12(9-4-2-1-3-5-9)20-24-25(13)15-14(18)22-27-23-15/h1-8H,(H2,18,22)(H,21,26)/b19-8-. The first kappa shape index (κ1) is 18.0. The summed E-state index contributed by atoms with van der Waals surface area (Å²) in [5.41, 5.74) is 9.36. The van der Waals surface area contributed by atoms with Crippen molar-refractivity contribution in [3.8, 4) is 17.1 Å². The highest BCUT2D eigenvalue weighted by atomic mass is 79.9. The van der Waals surface area contributed by atoms with Crippen molar-refractivity contribution in [3.63, 3.8) is 0 Å². The average molecular weight is 459 g/mol. The number of amides is 1. The van der Waals surface area contributed by atoms with E-state index < -0.39 is 5.91 Å². The number of aromatic nitrogens is 5. The van der Waals surface area contributed by atoms with Gasteiger partial charge in [0, 0.05) is 10.4 Å². The first-order valence-corrected chi connectivity index (χ1v) is 9.42. The summed E-state index contributed by atoms with van der Waals surface area (Å²) in [5, 5.41) is 19.3. The fourth-order valence-electron chi connectivity index (χ4n) is 2.37. The van der Waals surface area contributed by atoms with Gasteiger partial charge in [-0.1, -0.05) is 35.5 Å². The van der Waals surface area contributed by atoms with E-state index in [1.54, 1.807) is 0 Å². The zero-order valence-electron chi connectivity index (χ0n) is 14.0. The molecule has 0 atom stereocenters. The fraction of sp³-hybridized carbons (Fsp3) is 0. The van der Waals surface area contributed by atoms with Crippen LogP contribution in [0.3, 0.4) is 0 Å². The minimum Gasteiger partial charge on any atom is -0.378 e. The van der Waals surface area contributed by atoms with Gasteiger partial charge in [-0.05, 0) is 38.4 Å². The maximum absolute atomic E-state index is 12.9. The topological polar surface area (TPSA) is 137 Å². The third kappa shape index (κ3) is 3.54. The molecule has 1 aromatic carbocycles. The molecule has 3 N–H and O–H groups in total. The third-order valence-corrected chi connectivity index (χ3v) is 5.14. The Balaban J connectivity index is 1.70. The SMILES string of the molecule is Nc1nonc1-n1nnc(-c2ccccc2)c1C(=O)N/N=C\c1ccc(Br)s1. The fourth-order valence-corrected chi connectivity index (χ4v) is 3.66. The molecule has 0 bridgehead atoms. The van der Waals surface area contributed by atoms with E-state index in [1.165, 1.54) is 22.2 Å². The quantitative estimate of drug-likeness (QED) is 0.346. The Kier molecular flexibility index (Phi) is 4.95. The van der Waals surface area contributed by atoms with E-state index in [9.17, 15) is 4.79 Å². The van der Waals surface area contributed by atoms with Crippen LogP contribution < -0.4 is 11.2 Å². The maximum atomic E-state index is 12.9. The van der Waals surface area contributed by atoms with Gasteiger partial charge in [0.25, 0.3) is 5.91 Å². The van der Waals surface area contributed by atoms with Crippen LogP contribution in [-0.4, -0.2) is 37.4 Å². The Morgan fingerprint density at radius 1 is 1.25 bits per heavy atom. The van der Waals surface area contributed by atoms with Gasteiger partial charge in [-0.25, -0.2) is 10.1 Å². The van der Waals surface area contributed by atoms with Gasteiger partial charge < -0.3 is 5.73 Å². The molecule has 3 heterocycles. The number of nitrogens with one attached hydrogen (secondary N) is 1. The van der Waals surface area contributed by atoms with Gasteiger partial charge in [0.1, 0.15) is 5.69 Å². The van der Waals surface area contributed by atoms with Gasteiger partial charge in [0.05, 0.1) is 10.0 Å². The molecule has 0 unspecified atom stereocenters. The molecule has 10 nitrogen and oxygen atoms in total. The Bertz CT molecular complexity index is 1150. The second-order valence-corrected chi connectivity index (χ2v) is 7.87. The molecular formula is C16H11BrN8O2S. The number of rotatable bonds is 5. The van der Waals surface area contributed by atoms with E-state index in [0.717, 1.165) is 8.66 Å². The lowest BCUT2D eigenvalue weighted by Crippen LogP contribution is -2.22. The molecule has 0 spiro atoms. The lowest BCUT2D eigenvalue weighted by molar-refractivity contribution is 0.0948. The van der Waals surface area contributed by atoms with E-state index in [-0.39, 0.29) is 17.3 Å². The Morgan fingerprint density at radius 3 is 2.75 bits per heavy atom. The summed E-state index contributed by atoms with van der Waals surface area (Å²) < 4.78 is 6.74. The average Bonchev–Trinajstić information content (AvgIpc) is 3.42. The van der Waals surface area contributed by atoms with Crippen LogP contribution in [0.2, 0.25) is 0 Å². The zero-order chi connectivity index (χ0) is 19.5. The summed E-state index contributed by atoms with van der Waals surface area (Å²) >= 11 is 4.85. The summed E-state index contributed by atoms with van der Waals surface area (Å²) in [4.78, 5) is 13.7. The molecule has 0 fully saturated rings. The molecule has 140 valence electrons. The normalized spacial score (nSPS) is 11.2. The molecular weight excluding hydrogens is 448 g/mol. The van der Waals surface area contributed by atoms with Crippen LogP contribution in [0.1, 0.15) is 15.4 Å². The number of nitrogens with zero attached hydrogens (tertiary/aromatic N) is 6. The number of benzene rings is 1. The first-order chi connectivity index (χ1) is 13.6. The molecule has 0 saturated carbocycles. The van der Waals surface area contributed by atoms with Gasteiger partial charge in [-0.2, -0.15) is 9.78 Å². The van der Waals surface area contributed by atoms with Crippen LogP contribution in [0, 0.1) is 0 Å². The van der Waals surface area contributed by atoms with Crippen LogP contribution in [0.25, 0.3) is 17.1 Å². The summed E-state index contributed by atoms with van der Waals surface area (Å²) in [5.74, 6) is -0.505. The molecule has 1 amide bonds. The van der Waals surface area contributed by atoms with Crippen molar-refractivity contribution in [2.24, 2.45) is 5.10 Å². The number of carbonyl (C=O) groups is 1. The molecule has 12 heteroatoms. The second kappa shape index (κ2) is 7.70. The van der Waals surface area contributed by atoms with E-state index in [1.807, 2.05) is 42.5 Å². The lowest BCUT2D eigenvalue weighted by atomic mass is 10.1. The molecule has 4 rings (SSSR count). The molecule has 4 aromatic rings. The minimum atomic E-state index is -0.543. The van der Waals surface area contributed by atoms with Crippen molar-refractivity contribution in [2.45, 2.75) is 0 Å². The summed E-state index contributed by atoms with van der Waals surface area (Å²) in [7, 11) is 0.